The van der Waals surface area contributed by atoms with Crippen molar-refractivity contribution in [3.05, 3.63) is 71.8 Å². The predicted octanol–water partition coefficient (Wildman–Crippen LogP) is 4.46. The molecule has 0 bridgehead atoms. The Hall–Kier alpha value is -3.68. The molecule has 0 aliphatic heterocycles. The van der Waals surface area contributed by atoms with E-state index < -0.39 is 47.7 Å². The molecule has 2 aromatic rings. The second-order valence-electron chi connectivity index (χ2n) is 9.36. The maximum atomic E-state index is 13.1. The van der Waals surface area contributed by atoms with Gasteiger partial charge in [0.05, 0.1) is 12.3 Å². The lowest BCUT2D eigenvalue weighted by atomic mass is 9.85. The van der Waals surface area contributed by atoms with Gasteiger partial charge in [-0.3, -0.25) is 14.4 Å². The molecule has 0 saturated heterocycles. The van der Waals surface area contributed by atoms with E-state index in [1.807, 2.05) is 60.7 Å². The Bertz CT molecular complexity index is 999. The third kappa shape index (κ3) is 9.60. The lowest BCUT2D eigenvalue weighted by Crippen LogP contribution is -2.44. The molecule has 8 heteroatoms. The Labute approximate surface area is 205 Å². The molecule has 8 nitrogen and oxygen atoms in total. The number of carboxylic acid groups (broad SMARTS) is 1. The minimum Gasteiger partial charge on any atom is -0.481 e. The number of benzene rings is 2. The van der Waals surface area contributed by atoms with Gasteiger partial charge in [0.25, 0.3) is 0 Å². The van der Waals surface area contributed by atoms with Gasteiger partial charge in [-0.15, -0.1) is 0 Å². The van der Waals surface area contributed by atoms with E-state index >= 15 is 0 Å². The van der Waals surface area contributed by atoms with E-state index in [1.165, 1.54) is 11.8 Å². The average molecular weight is 484 g/mol. The lowest BCUT2D eigenvalue weighted by Gasteiger charge is -2.31. The van der Waals surface area contributed by atoms with Gasteiger partial charge in [0.2, 0.25) is 0 Å². The molecule has 0 spiro atoms. The molecule has 0 aliphatic rings. The fourth-order valence-corrected chi connectivity index (χ4v) is 3.55. The minimum atomic E-state index is -1.26. The van der Waals surface area contributed by atoms with Crippen LogP contribution >= 0.6 is 0 Å². The first-order chi connectivity index (χ1) is 16.5. The summed E-state index contributed by atoms with van der Waals surface area (Å²) < 4.78 is 10.9. The number of amides is 1. The van der Waals surface area contributed by atoms with Crippen molar-refractivity contribution in [2.75, 3.05) is 6.54 Å². The molecule has 1 N–H and O–H groups in total. The normalized spacial score (nSPS) is 12.8. The topological polar surface area (TPSA) is 110 Å². The van der Waals surface area contributed by atoms with Gasteiger partial charge in [-0.25, -0.2) is 4.79 Å². The average Bonchev–Trinajstić information content (AvgIpc) is 2.78. The van der Waals surface area contributed by atoms with Crippen LogP contribution in [0.15, 0.2) is 60.7 Å². The Morgan fingerprint density at radius 1 is 0.886 bits per heavy atom. The van der Waals surface area contributed by atoms with Gasteiger partial charge < -0.3 is 19.5 Å². The van der Waals surface area contributed by atoms with Crippen LogP contribution in [0.25, 0.3) is 0 Å². The van der Waals surface area contributed by atoms with Crippen molar-refractivity contribution >= 4 is 23.8 Å². The van der Waals surface area contributed by atoms with Crippen LogP contribution in [0.1, 0.15) is 45.2 Å². The van der Waals surface area contributed by atoms with Crippen molar-refractivity contribution in [3.8, 4) is 0 Å². The van der Waals surface area contributed by atoms with Crippen molar-refractivity contribution in [1.82, 2.24) is 4.90 Å². The molecule has 2 atom stereocenters. The molecule has 0 radical (unpaired) electrons. The first kappa shape index (κ1) is 27.6. The van der Waals surface area contributed by atoms with Crippen molar-refractivity contribution in [2.24, 2.45) is 11.8 Å². The van der Waals surface area contributed by atoms with E-state index in [0.717, 1.165) is 11.1 Å². The zero-order valence-corrected chi connectivity index (χ0v) is 20.6. The number of Topliss-reactive ketones (excluding diaryl/α,β-unsaturated/α-hetero) is 1. The maximum absolute atomic E-state index is 13.1. The summed E-state index contributed by atoms with van der Waals surface area (Å²) in [4.78, 5) is 51.5. The molecule has 2 aromatic carbocycles. The molecule has 2 rings (SSSR count). The van der Waals surface area contributed by atoms with Crippen LogP contribution in [0, 0.1) is 11.8 Å². The van der Waals surface area contributed by atoms with Gasteiger partial charge in [0.15, 0.2) is 0 Å². The highest BCUT2D eigenvalue weighted by atomic mass is 16.6. The van der Waals surface area contributed by atoms with Crippen LogP contribution in [0.3, 0.4) is 0 Å². The van der Waals surface area contributed by atoms with E-state index in [2.05, 4.69) is 0 Å². The molecule has 35 heavy (non-hydrogen) atoms. The molecule has 0 saturated carbocycles. The molecular formula is C27H33NO7. The molecule has 2 unspecified atom stereocenters. The SMILES string of the molecule is CC(=O)C(CN(Cc1ccccc1)C(=O)OCc1ccccc1)C(CC(=O)O)C(=O)OC(C)(C)C. The number of aliphatic carboxylic acids is 1. The van der Waals surface area contributed by atoms with Crippen LogP contribution in [0.5, 0.6) is 0 Å². The predicted molar refractivity (Wildman–Crippen MR) is 129 cm³/mol. The summed E-state index contributed by atoms with van der Waals surface area (Å²) in [5.74, 6) is -4.81. The van der Waals surface area contributed by atoms with Gasteiger partial charge in [-0.1, -0.05) is 60.7 Å². The van der Waals surface area contributed by atoms with Crippen molar-refractivity contribution in [2.45, 2.75) is 52.9 Å². The standard InChI is InChI=1S/C27H33NO7/c1-19(29)23(22(15-24(30)31)25(32)35-27(2,3)4)17-28(16-20-11-7-5-8-12-20)26(33)34-18-21-13-9-6-10-14-21/h5-14,22-23H,15-18H2,1-4H3,(H,30,31). The fourth-order valence-electron chi connectivity index (χ4n) is 3.55. The summed E-state index contributed by atoms with van der Waals surface area (Å²) in [5, 5.41) is 9.43. The Balaban J connectivity index is 2.31. The Kier molecular flexibility index (Phi) is 9.99. The first-order valence-electron chi connectivity index (χ1n) is 11.4. The fraction of sp³-hybridized carbons (Fsp3) is 0.407. The number of carbonyl (C=O) groups excluding carboxylic acids is 3. The molecule has 188 valence electrons. The summed E-state index contributed by atoms with van der Waals surface area (Å²) in [5.41, 5.74) is 0.715. The van der Waals surface area contributed by atoms with E-state index in [1.54, 1.807) is 20.8 Å². The Morgan fingerprint density at radius 2 is 1.43 bits per heavy atom. The highest BCUT2D eigenvalue weighted by Crippen LogP contribution is 2.25. The zero-order chi connectivity index (χ0) is 26.0. The second kappa shape index (κ2) is 12.7. The van der Waals surface area contributed by atoms with Crippen LogP contribution in [0.2, 0.25) is 0 Å². The van der Waals surface area contributed by atoms with Gasteiger partial charge in [0.1, 0.15) is 18.0 Å². The summed E-state index contributed by atoms with van der Waals surface area (Å²) in [6, 6.07) is 18.3. The number of rotatable bonds is 11. The van der Waals surface area contributed by atoms with E-state index in [4.69, 9.17) is 9.47 Å². The highest BCUT2D eigenvalue weighted by Gasteiger charge is 2.38. The van der Waals surface area contributed by atoms with Crippen molar-refractivity contribution < 1.29 is 33.8 Å². The van der Waals surface area contributed by atoms with Gasteiger partial charge in [-0.2, -0.15) is 0 Å². The number of nitrogens with zero attached hydrogens (tertiary/aromatic N) is 1. The zero-order valence-electron chi connectivity index (χ0n) is 20.6. The number of hydrogen-bond donors (Lipinski definition) is 1. The van der Waals surface area contributed by atoms with Crippen molar-refractivity contribution in [3.63, 3.8) is 0 Å². The molecule has 0 heterocycles. The number of ketones is 1. The van der Waals surface area contributed by atoms with Crippen LogP contribution < -0.4 is 0 Å². The molecule has 1 amide bonds. The minimum absolute atomic E-state index is 0.0281. The van der Waals surface area contributed by atoms with Gasteiger partial charge in [0, 0.05) is 19.0 Å². The molecule has 0 aromatic heterocycles. The third-order valence-corrected chi connectivity index (χ3v) is 5.21. The number of carbonyl (C=O) groups is 4. The largest absolute Gasteiger partial charge is 0.481 e. The third-order valence-electron chi connectivity index (χ3n) is 5.21. The number of hydrogen-bond acceptors (Lipinski definition) is 6. The monoisotopic (exact) mass is 483 g/mol. The van der Waals surface area contributed by atoms with Crippen LogP contribution in [-0.2, 0) is 37.0 Å². The maximum Gasteiger partial charge on any atom is 0.410 e. The van der Waals surface area contributed by atoms with E-state index in [9.17, 15) is 24.3 Å². The first-order valence-corrected chi connectivity index (χ1v) is 11.4. The highest BCUT2D eigenvalue weighted by molar-refractivity contribution is 5.88. The summed E-state index contributed by atoms with van der Waals surface area (Å²) in [6.07, 6.45) is -1.28. The summed E-state index contributed by atoms with van der Waals surface area (Å²) in [7, 11) is 0. The van der Waals surface area contributed by atoms with Gasteiger partial charge >= 0.3 is 18.0 Å². The molecular weight excluding hydrogens is 450 g/mol. The van der Waals surface area contributed by atoms with Crippen molar-refractivity contribution in [1.29, 1.82) is 0 Å². The Morgan fingerprint density at radius 3 is 1.91 bits per heavy atom. The lowest BCUT2D eigenvalue weighted by molar-refractivity contribution is -0.166. The summed E-state index contributed by atoms with van der Waals surface area (Å²) >= 11 is 0. The second-order valence-corrected chi connectivity index (χ2v) is 9.36. The van der Waals surface area contributed by atoms with E-state index in [0.29, 0.717) is 0 Å². The number of ether oxygens (including phenoxy) is 2. The number of carboxylic acids is 1. The molecule has 0 aliphatic carbocycles. The van der Waals surface area contributed by atoms with E-state index in [-0.39, 0.29) is 19.7 Å². The molecule has 0 fully saturated rings. The van der Waals surface area contributed by atoms with Crippen LogP contribution in [0.4, 0.5) is 4.79 Å². The van der Waals surface area contributed by atoms with Gasteiger partial charge in [-0.05, 0) is 38.8 Å². The number of esters is 1. The smallest absolute Gasteiger partial charge is 0.410 e. The van der Waals surface area contributed by atoms with Crippen LogP contribution in [-0.4, -0.2) is 46.0 Å². The quantitative estimate of drug-likeness (QED) is 0.470. The summed E-state index contributed by atoms with van der Waals surface area (Å²) in [6.45, 7) is 6.21.